The summed E-state index contributed by atoms with van der Waals surface area (Å²) in [6.07, 6.45) is 4.98. The molecule has 98 valence electrons. The predicted octanol–water partition coefficient (Wildman–Crippen LogP) is 4.21. The molecule has 3 atom stereocenters. The van der Waals surface area contributed by atoms with Gasteiger partial charge in [-0.05, 0) is 43.4 Å². The smallest absolute Gasteiger partial charge is 0.126 e. The lowest BCUT2D eigenvalue weighted by atomic mass is 9.74. The summed E-state index contributed by atoms with van der Waals surface area (Å²) in [7, 11) is 0. The highest BCUT2D eigenvalue weighted by Crippen LogP contribution is 2.47. The van der Waals surface area contributed by atoms with Gasteiger partial charge in [0.25, 0.3) is 0 Å². The molecule has 3 heteroatoms. The van der Waals surface area contributed by atoms with E-state index in [1.165, 1.54) is 12.8 Å². The van der Waals surface area contributed by atoms with Gasteiger partial charge in [-0.3, -0.25) is 0 Å². The van der Waals surface area contributed by atoms with Gasteiger partial charge in [0.2, 0.25) is 0 Å². The lowest BCUT2D eigenvalue weighted by Crippen LogP contribution is -2.44. The highest BCUT2D eigenvalue weighted by molar-refractivity contribution is 9.10. The van der Waals surface area contributed by atoms with Gasteiger partial charge in [0.1, 0.15) is 11.4 Å². The first kappa shape index (κ1) is 12.5. The molecule has 1 heterocycles. The van der Waals surface area contributed by atoms with Gasteiger partial charge >= 0.3 is 0 Å². The normalized spacial score (nSPS) is 35.1. The maximum absolute atomic E-state index is 10.4. The Hall–Kier alpha value is -0.540. The number of halogens is 1. The van der Waals surface area contributed by atoms with Crippen molar-refractivity contribution >= 4 is 15.9 Å². The van der Waals surface area contributed by atoms with Crippen molar-refractivity contribution < 1.29 is 9.84 Å². The molecule has 1 N–H and O–H groups in total. The second-order valence-corrected chi connectivity index (χ2v) is 6.80. The average molecular weight is 311 g/mol. The molecular weight excluding hydrogens is 292 g/mol. The quantitative estimate of drug-likeness (QED) is 0.777. The van der Waals surface area contributed by atoms with Crippen LogP contribution in [-0.4, -0.2) is 10.7 Å². The Kier molecular flexibility index (Phi) is 3.15. The standard InChI is InChI=1S/C15H19BrO2/c1-10-3-2-6-15(8-10)9-13(17)12-7-11(16)4-5-14(12)18-15/h4-5,7,10,13,17H,2-3,6,8-9H2,1H3/t10?,13-,15?/m1/s1. The summed E-state index contributed by atoms with van der Waals surface area (Å²) in [4.78, 5) is 0. The minimum atomic E-state index is -0.392. The first-order valence-corrected chi connectivity index (χ1v) is 7.54. The molecular formula is C15H19BrO2. The lowest BCUT2D eigenvalue weighted by Gasteiger charge is -2.45. The molecule has 3 rings (SSSR count). The van der Waals surface area contributed by atoms with Gasteiger partial charge in [-0.25, -0.2) is 0 Å². The van der Waals surface area contributed by atoms with Crippen LogP contribution in [0, 0.1) is 5.92 Å². The van der Waals surface area contributed by atoms with Gasteiger partial charge in [0.15, 0.2) is 0 Å². The van der Waals surface area contributed by atoms with Crippen LogP contribution in [0.1, 0.15) is 50.7 Å². The van der Waals surface area contributed by atoms with Crippen molar-refractivity contribution in [1.29, 1.82) is 0 Å². The second kappa shape index (κ2) is 4.53. The minimum absolute atomic E-state index is 0.127. The van der Waals surface area contributed by atoms with Crippen LogP contribution in [0.3, 0.4) is 0 Å². The topological polar surface area (TPSA) is 29.5 Å². The molecule has 0 saturated heterocycles. The van der Waals surface area contributed by atoms with E-state index in [4.69, 9.17) is 4.74 Å². The van der Waals surface area contributed by atoms with Crippen LogP contribution in [0.15, 0.2) is 22.7 Å². The van der Waals surface area contributed by atoms with Crippen molar-refractivity contribution in [3.63, 3.8) is 0 Å². The number of hydrogen-bond donors (Lipinski definition) is 1. The fourth-order valence-corrected chi connectivity index (χ4v) is 3.88. The molecule has 0 aromatic heterocycles. The molecule has 2 aliphatic rings. The zero-order chi connectivity index (χ0) is 12.8. The van der Waals surface area contributed by atoms with Gasteiger partial charge in [-0.2, -0.15) is 0 Å². The van der Waals surface area contributed by atoms with Crippen LogP contribution in [0.4, 0.5) is 0 Å². The predicted molar refractivity (Wildman–Crippen MR) is 74.7 cm³/mol. The van der Waals surface area contributed by atoms with Gasteiger partial charge in [-0.1, -0.05) is 29.3 Å². The molecule has 18 heavy (non-hydrogen) atoms. The Labute approximate surface area is 116 Å². The summed E-state index contributed by atoms with van der Waals surface area (Å²) in [6, 6.07) is 5.93. The molecule has 0 radical (unpaired) electrons. The molecule has 1 fully saturated rings. The number of ether oxygens (including phenoxy) is 1. The molecule has 2 unspecified atom stereocenters. The van der Waals surface area contributed by atoms with E-state index in [9.17, 15) is 5.11 Å². The molecule has 1 aromatic rings. The molecule has 0 amide bonds. The molecule has 2 nitrogen and oxygen atoms in total. The Morgan fingerprint density at radius 3 is 3.00 bits per heavy atom. The Morgan fingerprint density at radius 2 is 2.22 bits per heavy atom. The van der Waals surface area contributed by atoms with Gasteiger partial charge < -0.3 is 9.84 Å². The molecule has 0 bridgehead atoms. The minimum Gasteiger partial charge on any atom is -0.487 e. The zero-order valence-corrected chi connectivity index (χ0v) is 12.2. The lowest BCUT2D eigenvalue weighted by molar-refractivity contribution is -0.0496. The van der Waals surface area contributed by atoms with Crippen LogP contribution in [0.2, 0.25) is 0 Å². The maximum atomic E-state index is 10.4. The maximum Gasteiger partial charge on any atom is 0.126 e. The summed E-state index contributed by atoms with van der Waals surface area (Å²) in [5.74, 6) is 1.56. The molecule has 1 spiro atoms. The summed E-state index contributed by atoms with van der Waals surface area (Å²) < 4.78 is 7.27. The first-order chi connectivity index (χ1) is 8.58. The highest BCUT2D eigenvalue weighted by Gasteiger charge is 2.43. The van der Waals surface area contributed by atoms with E-state index in [1.807, 2.05) is 18.2 Å². The monoisotopic (exact) mass is 310 g/mol. The van der Waals surface area contributed by atoms with Crippen LogP contribution >= 0.6 is 15.9 Å². The SMILES string of the molecule is CC1CCCC2(C1)C[C@@H](O)c1cc(Br)ccc1O2. The van der Waals surface area contributed by atoms with E-state index in [0.29, 0.717) is 5.92 Å². The van der Waals surface area contributed by atoms with E-state index >= 15 is 0 Å². The van der Waals surface area contributed by atoms with Crippen molar-refractivity contribution in [2.24, 2.45) is 5.92 Å². The van der Waals surface area contributed by atoms with Crippen molar-refractivity contribution in [2.45, 2.75) is 50.7 Å². The van der Waals surface area contributed by atoms with Crippen molar-refractivity contribution in [1.82, 2.24) is 0 Å². The number of aliphatic hydroxyl groups is 1. The summed E-state index contributed by atoms with van der Waals surface area (Å²) >= 11 is 3.45. The summed E-state index contributed by atoms with van der Waals surface area (Å²) in [5.41, 5.74) is 0.797. The molecule has 1 aromatic carbocycles. The summed E-state index contributed by atoms with van der Waals surface area (Å²) in [5, 5.41) is 10.4. The third-order valence-electron chi connectivity index (χ3n) is 4.27. The fraction of sp³-hybridized carbons (Fsp3) is 0.600. The van der Waals surface area contributed by atoms with Gasteiger partial charge in [0, 0.05) is 16.5 Å². The number of rotatable bonds is 0. The van der Waals surface area contributed by atoms with Gasteiger partial charge in [-0.15, -0.1) is 0 Å². The number of hydrogen-bond acceptors (Lipinski definition) is 2. The van der Waals surface area contributed by atoms with Crippen molar-refractivity contribution in [2.75, 3.05) is 0 Å². The first-order valence-electron chi connectivity index (χ1n) is 6.74. The second-order valence-electron chi connectivity index (χ2n) is 5.89. The third kappa shape index (κ3) is 2.19. The summed E-state index contributed by atoms with van der Waals surface area (Å²) in [6.45, 7) is 2.29. The van der Waals surface area contributed by atoms with Crippen LogP contribution < -0.4 is 4.74 Å². The Balaban J connectivity index is 1.93. The van der Waals surface area contributed by atoms with Crippen molar-refractivity contribution in [3.8, 4) is 5.75 Å². The molecule has 1 saturated carbocycles. The van der Waals surface area contributed by atoms with E-state index < -0.39 is 6.10 Å². The van der Waals surface area contributed by atoms with Crippen LogP contribution in [0.25, 0.3) is 0 Å². The average Bonchev–Trinajstić information content (AvgIpc) is 2.30. The molecule has 1 aliphatic heterocycles. The van der Waals surface area contributed by atoms with E-state index in [2.05, 4.69) is 22.9 Å². The van der Waals surface area contributed by atoms with E-state index in [1.54, 1.807) is 0 Å². The van der Waals surface area contributed by atoms with E-state index in [0.717, 1.165) is 35.0 Å². The number of aliphatic hydroxyl groups excluding tert-OH is 1. The number of fused-ring (bicyclic) bond motifs is 1. The van der Waals surface area contributed by atoms with Crippen LogP contribution in [-0.2, 0) is 0 Å². The van der Waals surface area contributed by atoms with Crippen molar-refractivity contribution in [3.05, 3.63) is 28.2 Å². The Bertz CT molecular complexity index is 460. The third-order valence-corrected chi connectivity index (χ3v) is 4.77. The van der Waals surface area contributed by atoms with Gasteiger partial charge in [0.05, 0.1) is 6.10 Å². The largest absolute Gasteiger partial charge is 0.487 e. The van der Waals surface area contributed by atoms with E-state index in [-0.39, 0.29) is 5.60 Å². The fourth-order valence-electron chi connectivity index (χ4n) is 3.50. The highest BCUT2D eigenvalue weighted by atomic mass is 79.9. The van der Waals surface area contributed by atoms with Crippen LogP contribution in [0.5, 0.6) is 5.75 Å². The Morgan fingerprint density at radius 1 is 1.39 bits per heavy atom. The zero-order valence-electron chi connectivity index (χ0n) is 10.7. The molecule has 1 aliphatic carbocycles. The number of benzene rings is 1.